The molecule has 1 aromatic carbocycles. The molecule has 0 bridgehead atoms. The van der Waals surface area contributed by atoms with Crippen LogP contribution in [0.15, 0.2) is 18.2 Å². The maximum atomic E-state index is 9.96. The van der Waals surface area contributed by atoms with Crippen molar-refractivity contribution in [3.8, 4) is 5.75 Å². The predicted molar refractivity (Wildman–Crippen MR) is 70.0 cm³/mol. The van der Waals surface area contributed by atoms with Crippen molar-refractivity contribution >= 4 is 11.4 Å². The Morgan fingerprint density at radius 1 is 1.47 bits per heavy atom. The summed E-state index contributed by atoms with van der Waals surface area (Å²) in [4.78, 5) is 2.17. The van der Waals surface area contributed by atoms with E-state index in [1.165, 1.54) is 0 Å². The quantitative estimate of drug-likeness (QED) is 0.838. The lowest BCUT2D eigenvalue weighted by molar-refractivity contribution is 0.0873. The highest BCUT2D eigenvalue weighted by Crippen LogP contribution is 2.38. The second-order valence-electron chi connectivity index (χ2n) is 5.02. The van der Waals surface area contributed by atoms with Crippen LogP contribution in [0.3, 0.4) is 0 Å². The number of nitrogens with zero attached hydrogens (tertiary/aromatic N) is 1. The van der Waals surface area contributed by atoms with Gasteiger partial charge >= 0.3 is 0 Å². The van der Waals surface area contributed by atoms with Crippen LogP contribution in [-0.2, 0) is 0 Å². The summed E-state index contributed by atoms with van der Waals surface area (Å²) in [6.07, 6.45) is 0. The molecule has 2 rings (SSSR count). The van der Waals surface area contributed by atoms with Gasteiger partial charge in [0.15, 0.2) is 0 Å². The minimum atomic E-state index is -0.713. The van der Waals surface area contributed by atoms with Crippen LogP contribution in [-0.4, -0.2) is 37.5 Å². The second kappa shape index (κ2) is 4.45. The number of methoxy groups -OCH3 is 1. The average molecular weight is 236 g/mol. The Morgan fingerprint density at radius 2 is 2.24 bits per heavy atom. The molecule has 0 saturated heterocycles. The van der Waals surface area contributed by atoms with Gasteiger partial charge < -0.3 is 20.1 Å². The van der Waals surface area contributed by atoms with Gasteiger partial charge in [0.2, 0.25) is 0 Å². The Balaban J connectivity index is 2.35. The number of fused-ring (bicyclic) bond motifs is 1. The third kappa shape index (κ3) is 2.64. The maximum Gasteiger partial charge on any atom is 0.144 e. The largest absolute Gasteiger partial charge is 0.495 e. The molecular formula is C13H20N2O2. The molecule has 1 heterocycles. The van der Waals surface area contributed by atoms with E-state index in [1.807, 2.05) is 32.0 Å². The highest BCUT2D eigenvalue weighted by atomic mass is 16.5. The Morgan fingerprint density at radius 3 is 2.88 bits per heavy atom. The number of β-amino-alcohol motifs (C(OH)–C–C–N with tert-alkyl or cyclic N) is 1. The number of hydrogen-bond acceptors (Lipinski definition) is 4. The first-order valence-electron chi connectivity index (χ1n) is 5.89. The van der Waals surface area contributed by atoms with E-state index in [9.17, 15) is 5.11 Å². The predicted octanol–water partition coefficient (Wildman–Crippen LogP) is 1.70. The van der Waals surface area contributed by atoms with Gasteiger partial charge in [-0.3, -0.25) is 0 Å². The van der Waals surface area contributed by atoms with Crippen molar-refractivity contribution in [2.45, 2.75) is 19.4 Å². The Kier molecular flexibility index (Phi) is 3.15. The van der Waals surface area contributed by atoms with Crippen molar-refractivity contribution in [2.24, 2.45) is 0 Å². The Hall–Kier alpha value is -1.42. The van der Waals surface area contributed by atoms with Crippen molar-refractivity contribution in [3.05, 3.63) is 18.2 Å². The van der Waals surface area contributed by atoms with Gasteiger partial charge in [0.1, 0.15) is 11.4 Å². The molecule has 0 saturated carbocycles. The number of anilines is 2. The highest BCUT2D eigenvalue weighted by Gasteiger charge is 2.25. The summed E-state index contributed by atoms with van der Waals surface area (Å²) in [6, 6.07) is 5.95. The van der Waals surface area contributed by atoms with Crippen LogP contribution < -0.4 is 15.0 Å². The van der Waals surface area contributed by atoms with E-state index in [2.05, 4.69) is 10.2 Å². The molecule has 17 heavy (non-hydrogen) atoms. The Bertz CT molecular complexity index is 385. The number of ether oxygens (including phenoxy) is 1. The van der Waals surface area contributed by atoms with Crippen LogP contribution in [0.5, 0.6) is 5.75 Å². The fourth-order valence-corrected chi connectivity index (χ4v) is 2.22. The minimum Gasteiger partial charge on any atom is -0.495 e. The van der Waals surface area contributed by atoms with Gasteiger partial charge in [-0.05, 0) is 26.0 Å². The topological polar surface area (TPSA) is 44.7 Å². The highest BCUT2D eigenvalue weighted by molar-refractivity contribution is 5.78. The van der Waals surface area contributed by atoms with E-state index in [-0.39, 0.29) is 0 Å². The molecule has 2 N–H and O–H groups in total. The third-order valence-corrected chi connectivity index (χ3v) is 2.81. The third-order valence-electron chi connectivity index (χ3n) is 2.81. The van der Waals surface area contributed by atoms with Crippen LogP contribution >= 0.6 is 0 Å². The number of hydrogen-bond donors (Lipinski definition) is 2. The van der Waals surface area contributed by atoms with Crippen molar-refractivity contribution in [2.75, 3.05) is 37.0 Å². The van der Waals surface area contributed by atoms with E-state index >= 15 is 0 Å². The molecule has 1 aliphatic rings. The fraction of sp³-hybridized carbons (Fsp3) is 0.538. The summed E-state index contributed by atoms with van der Waals surface area (Å²) in [6.45, 7) is 6.00. The fourth-order valence-electron chi connectivity index (χ4n) is 2.22. The van der Waals surface area contributed by atoms with Gasteiger partial charge in [-0.25, -0.2) is 0 Å². The van der Waals surface area contributed by atoms with Gasteiger partial charge in [-0.15, -0.1) is 0 Å². The van der Waals surface area contributed by atoms with Crippen LogP contribution in [0.2, 0.25) is 0 Å². The summed E-state index contributed by atoms with van der Waals surface area (Å²) >= 11 is 0. The molecule has 4 heteroatoms. The van der Waals surface area contributed by atoms with Gasteiger partial charge in [0.05, 0.1) is 18.4 Å². The summed E-state index contributed by atoms with van der Waals surface area (Å²) in [5.41, 5.74) is 1.40. The summed E-state index contributed by atoms with van der Waals surface area (Å²) in [5.74, 6) is 0.846. The van der Waals surface area contributed by atoms with Crippen molar-refractivity contribution < 1.29 is 9.84 Å². The van der Waals surface area contributed by atoms with E-state index in [0.29, 0.717) is 6.54 Å². The molecule has 0 atom stereocenters. The van der Waals surface area contributed by atoms with E-state index in [4.69, 9.17) is 4.74 Å². The summed E-state index contributed by atoms with van der Waals surface area (Å²) < 4.78 is 5.39. The smallest absolute Gasteiger partial charge is 0.144 e. The number of nitrogens with one attached hydrogen (secondary N) is 1. The van der Waals surface area contributed by atoms with Crippen LogP contribution in [0, 0.1) is 0 Å². The minimum absolute atomic E-state index is 0.599. The molecule has 94 valence electrons. The lowest BCUT2D eigenvalue weighted by Crippen LogP contribution is -2.43. The zero-order valence-electron chi connectivity index (χ0n) is 10.7. The molecule has 0 aromatic heterocycles. The molecule has 0 aliphatic carbocycles. The SMILES string of the molecule is COc1cccc2c1N(CC(C)(C)O)CCN2. The second-order valence-corrected chi connectivity index (χ2v) is 5.02. The van der Waals surface area contributed by atoms with Crippen LogP contribution in [0.1, 0.15) is 13.8 Å². The normalized spacial score (nSPS) is 15.2. The molecule has 0 amide bonds. The standard InChI is InChI=1S/C13H20N2O2/c1-13(2,16)9-15-8-7-14-10-5-4-6-11(17-3)12(10)15/h4-6,14,16H,7-9H2,1-3H3. The van der Waals surface area contributed by atoms with Crippen LogP contribution in [0.25, 0.3) is 0 Å². The van der Waals surface area contributed by atoms with E-state index < -0.39 is 5.60 Å². The lowest BCUT2D eigenvalue weighted by atomic mass is 10.1. The number of rotatable bonds is 3. The maximum absolute atomic E-state index is 9.96. The van der Waals surface area contributed by atoms with Gasteiger partial charge in [-0.1, -0.05) is 6.07 Å². The number of para-hydroxylation sites is 1. The monoisotopic (exact) mass is 236 g/mol. The number of aliphatic hydroxyl groups is 1. The van der Waals surface area contributed by atoms with Crippen molar-refractivity contribution in [1.82, 2.24) is 0 Å². The first-order valence-corrected chi connectivity index (χ1v) is 5.89. The molecule has 1 aliphatic heterocycles. The molecule has 0 radical (unpaired) electrons. The van der Waals surface area contributed by atoms with E-state index in [0.717, 1.165) is 30.2 Å². The first-order chi connectivity index (χ1) is 8.01. The Labute approximate surface area is 102 Å². The van der Waals surface area contributed by atoms with Gasteiger partial charge in [0.25, 0.3) is 0 Å². The molecule has 0 spiro atoms. The molecule has 4 nitrogen and oxygen atoms in total. The summed E-state index contributed by atoms with van der Waals surface area (Å²) in [7, 11) is 1.67. The van der Waals surface area contributed by atoms with Crippen molar-refractivity contribution in [1.29, 1.82) is 0 Å². The summed E-state index contributed by atoms with van der Waals surface area (Å²) in [5, 5.41) is 13.3. The number of benzene rings is 1. The van der Waals surface area contributed by atoms with Gasteiger partial charge in [-0.2, -0.15) is 0 Å². The lowest BCUT2D eigenvalue weighted by Gasteiger charge is -2.36. The molecule has 0 fully saturated rings. The zero-order valence-corrected chi connectivity index (χ0v) is 10.7. The van der Waals surface area contributed by atoms with Crippen LogP contribution in [0.4, 0.5) is 11.4 Å². The molecule has 0 unspecified atom stereocenters. The van der Waals surface area contributed by atoms with Crippen molar-refractivity contribution in [3.63, 3.8) is 0 Å². The molecule has 1 aromatic rings. The first kappa shape index (κ1) is 12.0. The molecular weight excluding hydrogens is 216 g/mol. The van der Waals surface area contributed by atoms with Gasteiger partial charge in [0, 0.05) is 19.6 Å². The van der Waals surface area contributed by atoms with E-state index in [1.54, 1.807) is 7.11 Å². The average Bonchev–Trinajstić information content (AvgIpc) is 2.26. The zero-order chi connectivity index (χ0) is 12.5.